The lowest BCUT2D eigenvalue weighted by Crippen LogP contribution is -2.58. The van der Waals surface area contributed by atoms with Gasteiger partial charge in [-0.15, -0.1) is 0 Å². The van der Waals surface area contributed by atoms with Gasteiger partial charge in [0.15, 0.2) is 0 Å². The number of carbonyl (C=O) groups excluding carboxylic acids is 4. The number of nitrogens with two attached hydrogens (primary N) is 1. The molecule has 10 heteroatoms. The summed E-state index contributed by atoms with van der Waals surface area (Å²) in [6, 6.07) is 2.29. The van der Waals surface area contributed by atoms with Crippen molar-refractivity contribution < 1.29 is 29.0 Å². The molecule has 3 rings (SSSR count). The molecule has 210 valence electrons. The van der Waals surface area contributed by atoms with Crippen molar-refractivity contribution in [3.8, 4) is 5.75 Å². The normalized spacial score (nSPS) is 18.0. The number of hydrogen-bond acceptors (Lipinski definition) is 6. The van der Waals surface area contributed by atoms with E-state index >= 15 is 0 Å². The summed E-state index contributed by atoms with van der Waals surface area (Å²) in [5.74, 6) is -1.58. The maximum Gasteiger partial charge on any atom is 0.408 e. The molecule has 1 aromatic rings. The standard InChI is InChI=1S/C28H42N4O6/c1-17-15-18(13-14-22(17)33)24(25(35)30-19-9-6-5-7-10-19)32(20-11-8-12-20)26(36)21(16-23(29)34)31-27(37)38-28(2,3)4/h13-15,19-21,24,33H,5-12,16H2,1-4H3,(H2,29,34)(H,30,35)(H,31,37). The maximum absolute atomic E-state index is 14.1. The highest BCUT2D eigenvalue weighted by Crippen LogP contribution is 2.35. The molecule has 1 aromatic carbocycles. The van der Waals surface area contributed by atoms with Gasteiger partial charge >= 0.3 is 6.09 Å². The van der Waals surface area contributed by atoms with Gasteiger partial charge < -0.3 is 31.1 Å². The molecule has 10 nitrogen and oxygen atoms in total. The van der Waals surface area contributed by atoms with Crippen molar-refractivity contribution >= 4 is 23.8 Å². The third-order valence-electron chi connectivity index (χ3n) is 7.13. The Hall–Kier alpha value is -3.30. The number of primary amides is 1. The summed E-state index contributed by atoms with van der Waals surface area (Å²) < 4.78 is 5.32. The van der Waals surface area contributed by atoms with Gasteiger partial charge in [0.1, 0.15) is 23.4 Å². The summed E-state index contributed by atoms with van der Waals surface area (Å²) in [7, 11) is 0. The van der Waals surface area contributed by atoms with Crippen LogP contribution in [0, 0.1) is 6.92 Å². The van der Waals surface area contributed by atoms with Crippen LogP contribution in [-0.4, -0.2) is 57.5 Å². The zero-order valence-corrected chi connectivity index (χ0v) is 22.9. The molecule has 38 heavy (non-hydrogen) atoms. The number of aromatic hydroxyl groups is 1. The number of hydrogen-bond donors (Lipinski definition) is 4. The number of alkyl carbamates (subject to hydrolysis) is 1. The lowest BCUT2D eigenvalue weighted by atomic mass is 9.87. The maximum atomic E-state index is 14.1. The number of phenolic OH excluding ortho intramolecular Hbond substituents is 1. The van der Waals surface area contributed by atoms with Gasteiger partial charge in [-0.25, -0.2) is 4.79 Å². The summed E-state index contributed by atoms with van der Waals surface area (Å²) in [6.07, 6.45) is 5.90. The summed E-state index contributed by atoms with van der Waals surface area (Å²) in [6.45, 7) is 6.80. The van der Waals surface area contributed by atoms with Crippen LogP contribution in [-0.2, 0) is 19.1 Å². The summed E-state index contributed by atoms with van der Waals surface area (Å²) in [4.78, 5) is 54.0. The molecule has 2 atom stereocenters. The number of nitrogens with zero attached hydrogens (tertiary/aromatic N) is 1. The van der Waals surface area contributed by atoms with Crippen molar-refractivity contribution in [3.05, 3.63) is 29.3 Å². The minimum Gasteiger partial charge on any atom is -0.508 e. The van der Waals surface area contributed by atoms with Crippen molar-refractivity contribution in [3.63, 3.8) is 0 Å². The first-order chi connectivity index (χ1) is 17.9. The Morgan fingerprint density at radius 2 is 1.74 bits per heavy atom. The first-order valence-electron chi connectivity index (χ1n) is 13.6. The fourth-order valence-electron chi connectivity index (χ4n) is 5.03. The van der Waals surface area contributed by atoms with E-state index < -0.39 is 42.0 Å². The van der Waals surface area contributed by atoms with Gasteiger partial charge in [-0.3, -0.25) is 14.4 Å². The molecule has 5 N–H and O–H groups in total. The molecule has 2 unspecified atom stereocenters. The molecule has 0 saturated heterocycles. The molecular weight excluding hydrogens is 488 g/mol. The van der Waals surface area contributed by atoms with Gasteiger partial charge in [0, 0.05) is 12.1 Å². The molecule has 2 fully saturated rings. The van der Waals surface area contributed by atoms with E-state index in [1.807, 2.05) is 0 Å². The number of phenols is 1. The Kier molecular flexibility index (Phi) is 9.62. The lowest BCUT2D eigenvalue weighted by molar-refractivity contribution is -0.148. The molecule has 0 spiro atoms. The van der Waals surface area contributed by atoms with Crippen molar-refractivity contribution in [2.75, 3.05) is 0 Å². The Morgan fingerprint density at radius 1 is 1.08 bits per heavy atom. The molecule has 0 aliphatic heterocycles. The second-order valence-corrected chi connectivity index (χ2v) is 11.5. The van der Waals surface area contributed by atoms with Gasteiger partial charge in [0.05, 0.1) is 6.42 Å². The third kappa shape index (κ3) is 7.85. The molecule has 2 aliphatic carbocycles. The second-order valence-electron chi connectivity index (χ2n) is 11.5. The fraction of sp³-hybridized carbons (Fsp3) is 0.643. The monoisotopic (exact) mass is 530 g/mol. The van der Waals surface area contributed by atoms with Crippen molar-refractivity contribution in [2.24, 2.45) is 5.73 Å². The van der Waals surface area contributed by atoms with Crippen molar-refractivity contribution in [1.82, 2.24) is 15.5 Å². The van der Waals surface area contributed by atoms with E-state index in [-0.39, 0.29) is 23.7 Å². The zero-order chi connectivity index (χ0) is 28.0. The average Bonchev–Trinajstić information content (AvgIpc) is 2.78. The van der Waals surface area contributed by atoms with E-state index in [4.69, 9.17) is 10.5 Å². The molecule has 2 aliphatic rings. The molecule has 0 radical (unpaired) electrons. The fourth-order valence-corrected chi connectivity index (χ4v) is 5.03. The number of nitrogens with one attached hydrogen (secondary N) is 2. The van der Waals surface area contributed by atoms with Crippen LogP contribution < -0.4 is 16.4 Å². The number of amides is 4. The Morgan fingerprint density at radius 3 is 2.26 bits per heavy atom. The van der Waals surface area contributed by atoms with E-state index in [0.29, 0.717) is 24.0 Å². The smallest absolute Gasteiger partial charge is 0.408 e. The molecule has 0 heterocycles. The average molecular weight is 531 g/mol. The van der Waals surface area contributed by atoms with Gasteiger partial charge in [-0.2, -0.15) is 0 Å². The van der Waals surface area contributed by atoms with E-state index in [9.17, 15) is 24.3 Å². The Bertz CT molecular complexity index is 1030. The predicted molar refractivity (Wildman–Crippen MR) is 142 cm³/mol. The summed E-state index contributed by atoms with van der Waals surface area (Å²) >= 11 is 0. The zero-order valence-electron chi connectivity index (χ0n) is 22.9. The highest BCUT2D eigenvalue weighted by Gasteiger charge is 2.43. The van der Waals surface area contributed by atoms with Crippen molar-refractivity contribution in [1.29, 1.82) is 0 Å². The van der Waals surface area contributed by atoms with Gasteiger partial charge in [-0.1, -0.05) is 25.3 Å². The summed E-state index contributed by atoms with van der Waals surface area (Å²) in [5.41, 5.74) is 5.75. The van der Waals surface area contributed by atoms with Crippen LogP contribution in [0.2, 0.25) is 0 Å². The van der Waals surface area contributed by atoms with Crippen LogP contribution >= 0.6 is 0 Å². The first kappa shape index (κ1) is 29.3. The predicted octanol–water partition coefficient (Wildman–Crippen LogP) is 3.34. The van der Waals surface area contributed by atoms with Gasteiger partial charge in [0.2, 0.25) is 17.7 Å². The quantitative estimate of drug-likeness (QED) is 0.384. The lowest BCUT2D eigenvalue weighted by Gasteiger charge is -2.44. The highest BCUT2D eigenvalue weighted by atomic mass is 16.6. The number of ether oxygens (including phenoxy) is 1. The van der Waals surface area contributed by atoms with Gasteiger partial charge in [0.25, 0.3) is 0 Å². The number of rotatable bonds is 9. The molecule has 0 aromatic heterocycles. The Balaban J connectivity index is 1.99. The number of aryl methyl sites for hydroxylation is 1. The van der Waals surface area contributed by atoms with Crippen LogP contribution in [0.25, 0.3) is 0 Å². The van der Waals surface area contributed by atoms with E-state index in [0.717, 1.165) is 38.5 Å². The molecular formula is C28H42N4O6. The summed E-state index contributed by atoms with van der Waals surface area (Å²) in [5, 5.41) is 15.8. The molecule has 0 bridgehead atoms. The van der Waals surface area contributed by atoms with Crippen LogP contribution in [0.4, 0.5) is 4.79 Å². The van der Waals surface area contributed by atoms with Crippen molar-refractivity contribution in [2.45, 2.75) is 115 Å². The van der Waals surface area contributed by atoms with Gasteiger partial charge in [-0.05, 0) is 83.1 Å². The molecule has 2 saturated carbocycles. The van der Waals surface area contributed by atoms with E-state index in [1.54, 1.807) is 39.8 Å². The Labute approximate surface area is 224 Å². The van der Waals surface area contributed by atoms with E-state index in [2.05, 4.69) is 10.6 Å². The van der Waals surface area contributed by atoms with Crippen LogP contribution in [0.5, 0.6) is 5.75 Å². The first-order valence-corrected chi connectivity index (χ1v) is 13.6. The number of carbonyl (C=O) groups is 4. The van der Waals surface area contributed by atoms with E-state index in [1.165, 1.54) is 11.0 Å². The topological polar surface area (TPSA) is 151 Å². The SMILES string of the molecule is Cc1cc(C(C(=O)NC2CCCCC2)N(C(=O)C(CC(N)=O)NC(=O)OC(C)(C)C)C2CCC2)ccc1O. The molecule has 4 amide bonds. The minimum absolute atomic E-state index is 0.0107. The third-order valence-corrected chi connectivity index (χ3v) is 7.13. The second kappa shape index (κ2) is 12.5. The number of benzene rings is 1. The highest BCUT2D eigenvalue weighted by molar-refractivity contribution is 5.95. The van der Waals surface area contributed by atoms with Crippen LogP contribution in [0.3, 0.4) is 0 Å². The largest absolute Gasteiger partial charge is 0.508 e. The minimum atomic E-state index is -1.30. The van der Waals surface area contributed by atoms with Crippen LogP contribution in [0.1, 0.15) is 95.7 Å². The van der Waals surface area contributed by atoms with Crippen LogP contribution in [0.15, 0.2) is 18.2 Å².